The van der Waals surface area contributed by atoms with E-state index in [2.05, 4.69) is 0 Å². The molecule has 8 rings (SSSR count). The fourth-order valence-electron chi connectivity index (χ4n) is 6.44. The molecule has 8 aromatic rings. The molecule has 0 aromatic heterocycles. The Kier molecular flexibility index (Phi) is 8.24. The van der Waals surface area contributed by atoms with E-state index >= 15 is 26.3 Å². The highest BCUT2D eigenvalue weighted by Gasteiger charge is 2.40. The largest absolute Gasteiger partial charge is 0.864 e. The molecule has 3 nitrogen and oxygen atoms in total. The number of rotatable bonds is 6. The number of fused-ring (bicyclic) bond motifs is 2. The molecule has 0 aliphatic rings. The molecule has 0 saturated carbocycles. The molecule has 0 amide bonds. The summed E-state index contributed by atoms with van der Waals surface area (Å²) in [5, 5.41) is -14.7. The van der Waals surface area contributed by atoms with Gasteiger partial charge in [-0.3, -0.25) is 0 Å². The molecule has 0 fully saturated rings. The third-order valence-electron chi connectivity index (χ3n) is 8.86. The summed E-state index contributed by atoms with van der Waals surface area (Å²) >= 11 is 0. The van der Waals surface area contributed by atoms with Crippen molar-refractivity contribution < 1.29 is 84.2 Å². The van der Waals surface area contributed by atoms with Gasteiger partial charge in [0.05, 0.1) is 32.3 Å². The predicted molar refractivity (Wildman–Crippen MR) is 165 cm³/mol. The molecule has 56 heavy (non-hydrogen) atoms. The second-order valence-electron chi connectivity index (χ2n) is 11.8. The summed E-state index contributed by atoms with van der Waals surface area (Å²) in [4.78, 5) is 0. The first kappa shape index (κ1) is 36.6. The van der Waals surface area contributed by atoms with Crippen molar-refractivity contribution in [1.82, 2.24) is 0 Å². The van der Waals surface area contributed by atoms with Gasteiger partial charge in [-0.15, -0.1) is 0 Å². The van der Waals surface area contributed by atoms with Gasteiger partial charge in [0.25, 0.3) is 0 Å². The average molecular weight is 802 g/mol. The van der Waals surface area contributed by atoms with Crippen LogP contribution in [-0.2, 0) is 0 Å². The zero-order valence-electron chi connectivity index (χ0n) is 26.4. The van der Waals surface area contributed by atoms with Crippen molar-refractivity contribution in [2.45, 2.75) is 0 Å². The number of hydrogen-bond acceptors (Lipinski definition) is 3. The van der Waals surface area contributed by atoms with E-state index in [-0.39, 0.29) is 6.07 Å². The Labute approximate surface area is 298 Å². The van der Waals surface area contributed by atoms with Crippen LogP contribution in [-0.4, -0.2) is 7.32 Å². The summed E-state index contributed by atoms with van der Waals surface area (Å²) in [6, 6.07) is 3.40. The highest BCUT2D eigenvalue weighted by molar-refractivity contribution is 6.41. The van der Waals surface area contributed by atoms with Crippen LogP contribution in [0.1, 0.15) is 0 Å². The summed E-state index contributed by atoms with van der Waals surface area (Å²) in [6.07, 6.45) is 0. The van der Waals surface area contributed by atoms with Crippen molar-refractivity contribution in [2.75, 3.05) is 0 Å². The molecule has 0 spiro atoms. The van der Waals surface area contributed by atoms with Crippen LogP contribution in [0.4, 0.5) is 70.2 Å². The Bertz CT molecular complexity index is 3020. The third-order valence-corrected chi connectivity index (χ3v) is 8.86. The monoisotopic (exact) mass is 802 g/mol. The lowest BCUT2D eigenvalue weighted by Gasteiger charge is -2.22. The van der Waals surface area contributed by atoms with Crippen LogP contribution in [0, 0.1) is 93.1 Å². The molecule has 0 aliphatic carbocycles. The van der Waals surface area contributed by atoms with Crippen LogP contribution in [0.3, 0.4) is 0 Å². The third kappa shape index (κ3) is 4.96. The van der Waals surface area contributed by atoms with E-state index in [9.17, 15) is 43.9 Å². The summed E-state index contributed by atoms with van der Waals surface area (Å²) < 4.78 is 255. The molecule has 0 N–H and O–H groups in total. The molecule has 0 bridgehead atoms. The van der Waals surface area contributed by atoms with Gasteiger partial charge in [0, 0.05) is 21.5 Å². The molecular formula is C36H7BF16O3. The fraction of sp³-hybridized carbons (Fsp3) is 0. The second-order valence-corrected chi connectivity index (χ2v) is 11.8. The Morgan fingerprint density at radius 1 is 0.286 bits per heavy atom. The normalized spacial score (nSPS) is 11.9. The molecule has 0 saturated heterocycles. The lowest BCUT2D eigenvalue weighted by atomic mass is 9.90. The molecule has 284 valence electrons. The van der Waals surface area contributed by atoms with Crippen molar-refractivity contribution in [3.05, 3.63) is 136 Å². The standard InChI is InChI=1S/C36H7BF16O3/c38-10-3-5-14(8-1-2-12(40)24(42)16(8)10)54-37(55-15-6-4-11(39)17-9(15)7-13(41)25(43)26(17)44)56-36-23-19-18-20(27(45)28(46)22(19)32(50)35(36)53)30(48)34(52)31(49)21(18)29(47)33(23)51/h1-7H. The van der Waals surface area contributed by atoms with Crippen molar-refractivity contribution in [1.29, 1.82) is 0 Å². The molecule has 0 atom stereocenters. The van der Waals surface area contributed by atoms with Gasteiger partial charge in [0.1, 0.15) is 23.1 Å². The van der Waals surface area contributed by atoms with E-state index in [1.54, 1.807) is 0 Å². The van der Waals surface area contributed by atoms with Crippen LogP contribution < -0.4 is 14.0 Å². The minimum absolute atomic E-state index is 0.166. The smallest absolute Gasteiger partial charge is 0.489 e. The van der Waals surface area contributed by atoms with E-state index < -0.39 is 172 Å². The molecule has 8 aromatic carbocycles. The number of hydrogen-bond donors (Lipinski definition) is 0. The predicted octanol–water partition coefficient (Wildman–Crippen LogP) is 11.6. The molecule has 0 aliphatic heterocycles. The zero-order chi connectivity index (χ0) is 40.4. The van der Waals surface area contributed by atoms with Crippen LogP contribution in [0.15, 0.2) is 42.5 Å². The van der Waals surface area contributed by atoms with Crippen LogP contribution in [0.25, 0.3) is 53.9 Å². The first-order valence-corrected chi connectivity index (χ1v) is 15.2. The maximum Gasteiger partial charge on any atom is 0.864 e. The summed E-state index contributed by atoms with van der Waals surface area (Å²) in [7, 11) is -2.97. The minimum Gasteiger partial charge on any atom is -0.489 e. The lowest BCUT2D eigenvalue weighted by molar-refractivity contribution is 0.301. The average Bonchev–Trinajstić information content (AvgIpc) is 3.16. The van der Waals surface area contributed by atoms with E-state index in [0.717, 1.165) is 0 Å². The van der Waals surface area contributed by atoms with Crippen molar-refractivity contribution in [2.24, 2.45) is 0 Å². The maximum absolute atomic E-state index is 16.0. The van der Waals surface area contributed by atoms with E-state index in [1.165, 1.54) is 0 Å². The van der Waals surface area contributed by atoms with Crippen LogP contribution >= 0.6 is 0 Å². The van der Waals surface area contributed by atoms with Crippen molar-refractivity contribution >= 4 is 61.2 Å². The highest BCUT2D eigenvalue weighted by Crippen LogP contribution is 2.49. The Morgan fingerprint density at radius 3 is 1.25 bits per heavy atom. The van der Waals surface area contributed by atoms with Crippen LogP contribution in [0.2, 0.25) is 0 Å². The van der Waals surface area contributed by atoms with Gasteiger partial charge >= 0.3 is 7.32 Å². The number of benzene rings is 8. The second kappa shape index (κ2) is 12.6. The first-order chi connectivity index (χ1) is 26.5. The quantitative estimate of drug-likeness (QED) is 0.0725. The van der Waals surface area contributed by atoms with Gasteiger partial charge in [0.2, 0.25) is 5.82 Å². The van der Waals surface area contributed by atoms with Gasteiger partial charge in [0.15, 0.2) is 81.4 Å². The Balaban J connectivity index is 1.43. The Hall–Kier alpha value is -6.34. The zero-order valence-corrected chi connectivity index (χ0v) is 26.4. The van der Waals surface area contributed by atoms with E-state index in [0.29, 0.717) is 36.4 Å². The molecule has 0 unspecified atom stereocenters. The SMILES string of the molecule is Fc1cc2c(OB(Oc3ccc(F)c4c(F)c(F)ccc34)Oc3c(F)c(F)c4c(F)c(F)c5c(F)c(F)c(F)c6c(F)c(F)c3c4c56)ccc(F)c2c(F)c1F. The molecule has 0 heterocycles. The van der Waals surface area contributed by atoms with Gasteiger partial charge in [-0.05, 0) is 42.5 Å². The maximum atomic E-state index is 16.0. The number of halogens is 16. The van der Waals surface area contributed by atoms with Gasteiger partial charge in [-0.25, -0.2) is 65.9 Å². The highest BCUT2D eigenvalue weighted by atomic mass is 19.2. The van der Waals surface area contributed by atoms with Gasteiger partial charge in [-0.1, -0.05) is 0 Å². The summed E-state index contributed by atoms with van der Waals surface area (Å²) in [5.74, 6) is -39.1. The van der Waals surface area contributed by atoms with Crippen molar-refractivity contribution in [3.63, 3.8) is 0 Å². The molecular weight excluding hydrogens is 795 g/mol. The Morgan fingerprint density at radius 2 is 0.696 bits per heavy atom. The van der Waals surface area contributed by atoms with E-state index in [1.807, 2.05) is 0 Å². The lowest BCUT2D eigenvalue weighted by Crippen LogP contribution is -2.37. The first-order valence-electron chi connectivity index (χ1n) is 15.2. The van der Waals surface area contributed by atoms with Gasteiger partial charge < -0.3 is 14.0 Å². The van der Waals surface area contributed by atoms with Gasteiger partial charge in [-0.2, -0.15) is 4.39 Å². The van der Waals surface area contributed by atoms with Crippen molar-refractivity contribution in [3.8, 4) is 17.2 Å². The summed E-state index contributed by atoms with van der Waals surface area (Å²) in [5.41, 5.74) is 0. The molecule has 20 heteroatoms. The fourth-order valence-corrected chi connectivity index (χ4v) is 6.44. The summed E-state index contributed by atoms with van der Waals surface area (Å²) in [6.45, 7) is 0. The molecule has 0 radical (unpaired) electrons. The topological polar surface area (TPSA) is 27.7 Å². The minimum atomic E-state index is -2.97. The van der Waals surface area contributed by atoms with E-state index in [4.69, 9.17) is 14.0 Å². The van der Waals surface area contributed by atoms with Crippen LogP contribution in [0.5, 0.6) is 17.2 Å².